The summed E-state index contributed by atoms with van der Waals surface area (Å²) in [4.78, 5) is 0. The second-order valence-electron chi connectivity index (χ2n) is 5.92. The molecule has 0 heterocycles. The summed E-state index contributed by atoms with van der Waals surface area (Å²) in [6.45, 7) is 0. The van der Waals surface area contributed by atoms with E-state index >= 15 is 0 Å². The lowest BCUT2D eigenvalue weighted by Crippen LogP contribution is -1.96. The monoisotopic (exact) mass is 334 g/mol. The maximum atomic E-state index is 9.81. The van der Waals surface area contributed by atoms with E-state index < -0.39 is 0 Å². The minimum Gasteiger partial charge on any atom is -0.508 e. The average Bonchev–Trinajstić information content (AvgIpc) is 2.66. The molecule has 0 bridgehead atoms. The highest BCUT2D eigenvalue weighted by molar-refractivity contribution is 5.70. The number of phenolic OH excluding ortho intramolecular Hbond substituents is 1. The van der Waals surface area contributed by atoms with Crippen LogP contribution >= 0.6 is 0 Å². The van der Waals surface area contributed by atoms with Gasteiger partial charge in [0.15, 0.2) is 0 Å². The molecule has 0 spiro atoms. The zero-order valence-corrected chi connectivity index (χ0v) is 14.5. The quantitative estimate of drug-likeness (QED) is 0.699. The van der Waals surface area contributed by atoms with Crippen molar-refractivity contribution >= 4 is 0 Å². The molecule has 0 aliphatic rings. The number of aromatic hydroxyl groups is 1. The Morgan fingerprint density at radius 3 is 2.16 bits per heavy atom. The summed E-state index contributed by atoms with van der Waals surface area (Å²) >= 11 is 0. The number of ether oxygens (including phenoxy) is 2. The molecule has 3 aromatic rings. The Bertz CT molecular complexity index is 838. The molecule has 0 fully saturated rings. The van der Waals surface area contributed by atoms with Crippen LogP contribution in [0.3, 0.4) is 0 Å². The topological polar surface area (TPSA) is 38.7 Å². The van der Waals surface area contributed by atoms with Crippen molar-refractivity contribution < 1.29 is 14.6 Å². The fourth-order valence-electron chi connectivity index (χ4n) is 2.91. The predicted molar refractivity (Wildman–Crippen MR) is 100 cm³/mol. The Morgan fingerprint density at radius 2 is 1.48 bits per heavy atom. The number of aryl methyl sites for hydroxylation is 2. The molecule has 1 N–H and O–H groups in total. The first-order chi connectivity index (χ1) is 12.2. The van der Waals surface area contributed by atoms with Crippen molar-refractivity contribution in [3.8, 4) is 28.4 Å². The molecule has 3 nitrogen and oxygen atoms in total. The number of hydrogen-bond acceptors (Lipinski definition) is 3. The van der Waals surface area contributed by atoms with Crippen LogP contribution in [0.2, 0.25) is 0 Å². The zero-order valence-electron chi connectivity index (χ0n) is 14.5. The Labute approximate surface area is 148 Å². The van der Waals surface area contributed by atoms with Crippen LogP contribution < -0.4 is 9.47 Å². The normalized spacial score (nSPS) is 10.5. The fraction of sp³-hybridized carbons (Fsp3) is 0.182. The van der Waals surface area contributed by atoms with E-state index in [-0.39, 0.29) is 5.75 Å². The van der Waals surface area contributed by atoms with Crippen LogP contribution in [0.25, 0.3) is 11.1 Å². The van der Waals surface area contributed by atoms with E-state index in [0.717, 1.165) is 35.5 Å². The SMILES string of the molecule is COc1ccc(CCc2ccc(OC)cc2-c2cccc(O)c2)cc1. The Morgan fingerprint density at radius 1 is 0.760 bits per heavy atom. The molecule has 0 aromatic heterocycles. The van der Waals surface area contributed by atoms with Gasteiger partial charge in [0.2, 0.25) is 0 Å². The summed E-state index contributed by atoms with van der Waals surface area (Å²) in [6.07, 6.45) is 1.84. The van der Waals surface area contributed by atoms with Crippen LogP contribution in [0.5, 0.6) is 17.2 Å². The van der Waals surface area contributed by atoms with E-state index in [1.54, 1.807) is 26.4 Å². The van der Waals surface area contributed by atoms with E-state index in [9.17, 15) is 5.11 Å². The predicted octanol–water partition coefficient (Wildman–Crippen LogP) is 4.86. The molecule has 0 atom stereocenters. The minimum atomic E-state index is 0.265. The van der Waals surface area contributed by atoms with E-state index in [1.165, 1.54) is 11.1 Å². The maximum absolute atomic E-state index is 9.81. The van der Waals surface area contributed by atoms with Crippen LogP contribution in [-0.4, -0.2) is 19.3 Å². The van der Waals surface area contributed by atoms with Crippen LogP contribution in [0.15, 0.2) is 66.7 Å². The number of methoxy groups -OCH3 is 2. The lowest BCUT2D eigenvalue weighted by atomic mass is 9.94. The summed E-state index contributed by atoms with van der Waals surface area (Å²) < 4.78 is 10.6. The van der Waals surface area contributed by atoms with E-state index in [4.69, 9.17) is 9.47 Å². The van der Waals surface area contributed by atoms with Gasteiger partial charge in [-0.3, -0.25) is 0 Å². The van der Waals surface area contributed by atoms with Gasteiger partial charge in [0.25, 0.3) is 0 Å². The standard InChI is InChI=1S/C22H22O3/c1-24-20-11-7-16(8-12-20)6-9-17-10-13-21(25-2)15-22(17)18-4-3-5-19(23)14-18/h3-5,7-8,10-15,23H,6,9H2,1-2H3. The van der Waals surface area contributed by atoms with Crippen molar-refractivity contribution in [3.05, 3.63) is 77.9 Å². The molecule has 0 aliphatic heterocycles. The Hall–Kier alpha value is -2.94. The number of phenols is 1. The van der Waals surface area contributed by atoms with Crippen molar-refractivity contribution in [2.45, 2.75) is 12.8 Å². The largest absolute Gasteiger partial charge is 0.508 e. The summed E-state index contributed by atoms with van der Waals surface area (Å²) in [6, 6.07) is 21.6. The van der Waals surface area contributed by atoms with E-state index in [0.29, 0.717) is 0 Å². The van der Waals surface area contributed by atoms with Gasteiger partial charge in [0.05, 0.1) is 14.2 Å². The zero-order chi connectivity index (χ0) is 17.6. The third-order valence-electron chi connectivity index (χ3n) is 4.32. The van der Waals surface area contributed by atoms with Gasteiger partial charge in [-0.1, -0.05) is 30.3 Å². The third-order valence-corrected chi connectivity index (χ3v) is 4.32. The molecule has 0 unspecified atom stereocenters. The van der Waals surface area contributed by atoms with Crippen molar-refractivity contribution in [1.82, 2.24) is 0 Å². The first-order valence-electron chi connectivity index (χ1n) is 8.29. The third kappa shape index (κ3) is 4.13. The van der Waals surface area contributed by atoms with Crippen LogP contribution in [0.4, 0.5) is 0 Å². The lowest BCUT2D eigenvalue weighted by molar-refractivity contribution is 0.414. The van der Waals surface area contributed by atoms with Gasteiger partial charge < -0.3 is 14.6 Å². The Balaban J connectivity index is 1.87. The highest BCUT2D eigenvalue weighted by atomic mass is 16.5. The van der Waals surface area contributed by atoms with Crippen LogP contribution in [0, 0.1) is 0 Å². The Kier molecular flexibility index (Phi) is 5.24. The van der Waals surface area contributed by atoms with Gasteiger partial charge in [-0.25, -0.2) is 0 Å². The van der Waals surface area contributed by atoms with Gasteiger partial charge in [-0.05, 0) is 71.5 Å². The van der Waals surface area contributed by atoms with Crippen molar-refractivity contribution in [2.75, 3.05) is 14.2 Å². The molecule has 25 heavy (non-hydrogen) atoms. The molecule has 3 rings (SSSR count). The summed E-state index contributed by atoms with van der Waals surface area (Å²) in [5.74, 6) is 1.95. The van der Waals surface area contributed by atoms with Gasteiger partial charge in [-0.2, -0.15) is 0 Å². The molecule has 3 aromatic carbocycles. The van der Waals surface area contributed by atoms with Crippen molar-refractivity contribution in [2.24, 2.45) is 0 Å². The summed E-state index contributed by atoms with van der Waals surface area (Å²) in [5.41, 5.74) is 4.56. The smallest absolute Gasteiger partial charge is 0.119 e. The molecule has 3 heteroatoms. The minimum absolute atomic E-state index is 0.265. The van der Waals surface area contributed by atoms with Crippen LogP contribution in [-0.2, 0) is 12.8 Å². The molecule has 128 valence electrons. The molecular formula is C22H22O3. The number of rotatable bonds is 6. The molecular weight excluding hydrogens is 312 g/mol. The van der Waals surface area contributed by atoms with Gasteiger partial charge in [0, 0.05) is 0 Å². The highest BCUT2D eigenvalue weighted by Gasteiger charge is 2.08. The van der Waals surface area contributed by atoms with Crippen molar-refractivity contribution in [1.29, 1.82) is 0 Å². The van der Waals surface area contributed by atoms with Crippen LogP contribution in [0.1, 0.15) is 11.1 Å². The van der Waals surface area contributed by atoms with Gasteiger partial charge in [-0.15, -0.1) is 0 Å². The second kappa shape index (κ2) is 7.75. The molecule has 0 amide bonds. The molecule has 0 aliphatic carbocycles. The molecule has 0 radical (unpaired) electrons. The summed E-state index contributed by atoms with van der Waals surface area (Å²) in [5, 5.41) is 9.81. The highest BCUT2D eigenvalue weighted by Crippen LogP contribution is 2.31. The number of hydrogen-bond donors (Lipinski definition) is 1. The fourth-order valence-corrected chi connectivity index (χ4v) is 2.91. The molecule has 0 saturated carbocycles. The first kappa shape index (κ1) is 16.9. The second-order valence-corrected chi connectivity index (χ2v) is 5.92. The summed E-state index contributed by atoms with van der Waals surface area (Å²) in [7, 11) is 3.34. The van der Waals surface area contributed by atoms with E-state index in [2.05, 4.69) is 18.2 Å². The van der Waals surface area contributed by atoms with Gasteiger partial charge >= 0.3 is 0 Å². The number of benzene rings is 3. The lowest BCUT2D eigenvalue weighted by Gasteiger charge is -2.13. The average molecular weight is 334 g/mol. The molecule has 0 saturated heterocycles. The van der Waals surface area contributed by atoms with Gasteiger partial charge in [0.1, 0.15) is 17.2 Å². The van der Waals surface area contributed by atoms with E-state index in [1.807, 2.05) is 36.4 Å². The first-order valence-corrected chi connectivity index (χ1v) is 8.29. The maximum Gasteiger partial charge on any atom is 0.119 e. The van der Waals surface area contributed by atoms with Crippen molar-refractivity contribution in [3.63, 3.8) is 0 Å².